The van der Waals surface area contributed by atoms with Gasteiger partial charge in [-0.3, -0.25) is 9.80 Å². The van der Waals surface area contributed by atoms with Crippen molar-refractivity contribution in [2.24, 2.45) is 11.8 Å². The van der Waals surface area contributed by atoms with Crippen molar-refractivity contribution in [1.82, 2.24) is 24.3 Å². The van der Waals surface area contributed by atoms with Crippen LogP contribution in [0.1, 0.15) is 45.0 Å². The van der Waals surface area contributed by atoms with E-state index in [1.54, 1.807) is 0 Å². The van der Waals surface area contributed by atoms with Crippen molar-refractivity contribution in [2.75, 3.05) is 38.5 Å². The Balaban J connectivity index is 1.42. The summed E-state index contributed by atoms with van der Waals surface area (Å²) >= 11 is 0. The van der Waals surface area contributed by atoms with Gasteiger partial charge in [-0.1, -0.05) is 19.8 Å². The van der Waals surface area contributed by atoms with Gasteiger partial charge >= 0.3 is 6.36 Å². The van der Waals surface area contributed by atoms with E-state index in [9.17, 15) is 18.3 Å². The number of aromatic nitrogens is 3. The third-order valence-electron chi connectivity index (χ3n) is 8.15. The molecule has 0 aromatic carbocycles. The maximum absolute atomic E-state index is 12.9. The number of alkyl halides is 3. The number of halogens is 3. The molecule has 3 aliphatic carbocycles. The maximum atomic E-state index is 12.9. The summed E-state index contributed by atoms with van der Waals surface area (Å²) in [4.78, 5) is 13.5. The summed E-state index contributed by atoms with van der Waals surface area (Å²) in [7, 11) is 0. The Morgan fingerprint density at radius 2 is 1.95 bits per heavy atom. The summed E-state index contributed by atoms with van der Waals surface area (Å²) in [5, 5.41) is 11.1. The number of nitrogens with zero attached hydrogens (tertiary/aromatic N) is 5. The molecule has 37 heavy (non-hydrogen) atoms. The second kappa shape index (κ2) is 9.49. The molecule has 0 amide bonds. The van der Waals surface area contributed by atoms with Gasteiger partial charge in [0, 0.05) is 55.7 Å². The third-order valence-corrected chi connectivity index (χ3v) is 8.15. The van der Waals surface area contributed by atoms with Crippen LogP contribution < -0.4 is 10.5 Å². The molecule has 1 saturated heterocycles. The van der Waals surface area contributed by atoms with E-state index in [1.807, 2.05) is 20.0 Å². The summed E-state index contributed by atoms with van der Waals surface area (Å²) in [6.07, 6.45) is 5.90. The second-order valence-corrected chi connectivity index (χ2v) is 10.9. The van der Waals surface area contributed by atoms with Crippen LogP contribution in [0.5, 0.6) is 5.75 Å². The van der Waals surface area contributed by atoms with E-state index in [-0.39, 0.29) is 17.3 Å². The van der Waals surface area contributed by atoms with Gasteiger partial charge in [0.2, 0.25) is 0 Å². The van der Waals surface area contributed by atoms with Gasteiger partial charge in [0.05, 0.1) is 12.2 Å². The molecule has 2 unspecified atom stereocenters. The van der Waals surface area contributed by atoms with Crippen LogP contribution in [0.2, 0.25) is 0 Å². The van der Waals surface area contributed by atoms with E-state index < -0.39 is 18.2 Å². The highest BCUT2D eigenvalue weighted by Gasteiger charge is 2.59. The zero-order valence-electron chi connectivity index (χ0n) is 21.1. The van der Waals surface area contributed by atoms with Crippen LogP contribution in [-0.4, -0.2) is 74.6 Å². The molecule has 4 fully saturated rings. The fraction of sp³-hybridized carbons (Fsp3) is 0.615. The minimum atomic E-state index is -4.89. The van der Waals surface area contributed by atoms with Gasteiger partial charge in [0.25, 0.3) is 0 Å². The largest absolute Gasteiger partial charge is 0.573 e. The Labute approximate surface area is 214 Å². The number of terminal acetylenes is 1. The molecular weight excluding hydrogens is 485 g/mol. The molecule has 6 rings (SSSR count). The SMILES string of the molecule is C#CCN1CCN(C2CC3(n4cc(-c5cnc(N)c(OC(F)(F)F)c5)nc4C(O)C(C)C)CC2C3)CC1. The van der Waals surface area contributed by atoms with Crippen LogP contribution in [0.3, 0.4) is 0 Å². The zero-order valence-corrected chi connectivity index (χ0v) is 21.1. The lowest BCUT2D eigenvalue weighted by molar-refractivity contribution is -0.274. The Morgan fingerprint density at radius 3 is 2.57 bits per heavy atom. The predicted octanol–water partition coefficient (Wildman–Crippen LogP) is 3.24. The molecular formula is C26H33F3N6O2. The second-order valence-electron chi connectivity index (χ2n) is 10.9. The van der Waals surface area contributed by atoms with Crippen molar-refractivity contribution in [3.05, 3.63) is 24.3 Å². The molecule has 2 aromatic rings. The minimum Gasteiger partial charge on any atom is -0.402 e. The highest BCUT2D eigenvalue weighted by molar-refractivity contribution is 5.64. The first-order valence-corrected chi connectivity index (χ1v) is 12.7. The van der Waals surface area contributed by atoms with Crippen LogP contribution in [0.4, 0.5) is 19.0 Å². The molecule has 0 radical (unpaired) electrons. The lowest BCUT2D eigenvalue weighted by atomic mass is 9.76. The van der Waals surface area contributed by atoms with Crippen molar-refractivity contribution in [3.8, 4) is 29.4 Å². The number of anilines is 1. The number of imidazole rings is 1. The first-order chi connectivity index (χ1) is 17.5. The van der Waals surface area contributed by atoms with Gasteiger partial charge in [0.15, 0.2) is 11.6 Å². The monoisotopic (exact) mass is 518 g/mol. The topological polar surface area (TPSA) is 92.7 Å². The van der Waals surface area contributed by atoms with E-state index in [2.05, 4.69) is 30.0 Å². The van der Waals surface area contributed by atoms with Crippen LogP contribution in [0, 0.1) is 24.2 Å². The molecule has 2 bridgehead atoms. The smallest absolute Gasteiger partial charge is 0.402 e. The molecule has 3 saturated carbocycles. The zero-order chi connectivity index (χ0) is 26.5. The van der Waals surface area contributed by atoms with Crippen LogP contribution in [0.15, 0.2) is 18.5 Å². The molecule has 0 spiro atoms. The number of nitrogens with two attached hydrogens (primary N) is 1. The Morgan fingerprint density at radius 1 is 1.24 bits per heavy atom. The summed E-state index contributed by atoms with van der Waals surface area (Å²) in [5.74, 6) is 2.80. The van der Waals surface area contributed by atoms with Crippen LogP contribution in [0.25, 0.3) is 11.3 Å². The number of ether oxygens (including phenoxy) is 1. The number of nitrogen functional groups attached to an aromatic ring is 1. The highest BCUT2D eigenvalue weighted by atomic mass is 19.4. The standard InChI is InChI=1S/C26H33F3N6O2/c1-4-5-33-6-8-34(9-7-33)20-13-25(11-18(20)12-25)35-15-19(32-24(35)22(36)16(2)3)17-10-21(23(30)31-14-17)37-26(27,28)29/h1,10,14-16,18,20,22,36H,5-9,11-13H2,2-3H3,(H2,30,31). The average molecular weight is 519 g/mol. The Bertz CT molecular complexity index is 1180. The van der Waals surface area contributed by atoms with Crippen molar-refractivity contribution in [2.45, 2.75) is 57.2 Å². The van der Waals surface area contributed by atoms with Gasteiger partial charge in [-0.05, 0) is 37.2 Å². The van der Waals surface area contributed by atoms with Crippen molar-refractivity contribution in [3.63, 3.8) is 0 Å². The molecule has 11 heteroatoms. The Kier molecular flexibility index (Phi) is 6.63. The molecule has 3 N–H and O–H groups in total. The number of hydrogen-bond acceptors (Lipinski definition) is 7. The molecule has 2 aromatic heterocycles. The highest BCUT2D eigenvalue weighted by Crippen LogP contribution is 2.59. The number of pyridine rings is 1. The van der Waals surface area contributed by atoms with E-state index in [0.717, 1.165) is 45.4 Å². The third kappa shape index (κ3) is 4.90. The van der Waals surface area contributed by atoms with Gasteiger partial charge < -0.3 is 20.1 Å². The molecule has 3 heterocycles. The van der Waals surface area contributed by atoms with Gasteiger partial charge in [-0.2, -0.15) is 0 Å². The van der Waals surface area contributed by atoms with E-state index in [4.69, 9.17) is 17.1 Å². The molecule has 8 nitrogen and oxygen atoms in total. The van der Waals surface area contributed by atoms with Crippen molar-refractivity contribution >= 4 is 5.82 Å². The number of rotatable bonds is 7. The predicted molar refractivity (Wildman–Crippen MR) is 132 cm³/mol. The number of aliphatic hydroxyl groups excluding tert-OH is 1. The quantitative estimate of drug-likeness (QED) is 0.544. The number of aliphatic hydroxyl groups is 1. The van der Waals surface area contributed by atoms with Crippen molar-refractivity contribution in [1.29, 1.82) is 0 Å². The Hall–Kier alpha value is -2.81. The number of piperazine rings is 1. The fourth-order valence-electron chi connectivity index (χ4n) is 6.24. The number of fused-ring (bicyclic) bond motifs is 1. The summed E-state index contributed by atoms with van der Waals surface area (Å²) in [6, 6.07) is 1.65. The lowest BCUT2D eigenvalue weighted by Crippen LogP contribution is -2.50. The lowest BCUT2D eigenvalue weighted by Gasteiger charge is -2.42. The molecule has 4 aliphatic rings. The minimum absolute atomic E-state index is 0.0867. The van der Waals surface area contributed by atoms with Crippen LogP contribution in [-0.2, 0) is 5.54 Å². The van der Waals surface area contributed by atoms with E-state index in [0.29, 0.717) is 35.6 Å². The molecule has 1 aliphatic heterocycles. The maximum Gasteiger partial charge on any atom is 0.573 e. The van der Waals surface area contributed by atoms with E-state index >= 15 is 0 Å². The van der Waals surface area contributed by atoms with Gasteiger partial charge in [0.1, 0.15) is 11.9 Å². The molecule has 200 valence electrons. The van der Waals surface area contributed by atoms with Gasteiger partial charge in [-0.15, -0.1) is 19.6 Å². The summed E-state index contributed by atoms with van der Waals surface area (Å²) in [5.41, 5.74) is 6.22. The first-order valence-electron chi connectivity index (χ1n) is 12.7. The summed E-state index contributed by atoms with van der Waals surface area (Å²) in [6.45, 7) is 8.38. The molecule has 2 atom stereocenters. The van der Waals surface area contributed by atoms with Crippen LogP contribution >= 0.6 is 0 Å². The number of hydrogen-bond donors (Lipinski definition) is 2. The average Bonchev–Trinajstić information content (AvgIpc) is 3.51. The normalized spacial score (nSPS) is 27.2. The van der Waals surface area contributed by atoms with Gasteiger partial charge in [-0.25, -0.2) is 9.97 Å². The summed E-state index contributed by atoms with van der Waals surface area (Å²) < 4.78 is 44.7. The fourth-order valence-corrected chi connectivity index (χ4v) is 6.24. The van der Waals surface area contributed by atoms with Crippen molar-refractivity contribution < 1.29 is 23.0 Å². The first kappa shape index (κ1) is 25.8. The van der Waals surface area contributed by atoms with E-state index in [1.165, 1.54) is 12.3 Å².